The van der Waals surface area contributed by atoms with Crippen molar-refractivity contribution < 1.29 is 19.2 Å². The van der Waals surface area contributed by atoms with Gasteiger partial charge < -0.3 is 9.57 Å². The van der Waals surface area contributed by atoms with E-state index in [9.17, 15) is 9.59 Å². The third-order valence-corrected chi connectivity index (χ3v) is 1.26. The average Bonchev–Trinajstić information content (AvgIpc) is 2.44. The molecule has 2 aliphatic heterocycles. The molecular formula is C4H3NO4. The smallest absolute Gasteiger partial charge is 0.461 e. The summed E-state index contributed by atoms with van der Waals surface area (Å²) in [6.45, 7) is 0.268. The molecule has 9 heavy (non-hydrogen) atoms. The van der Waals surface area contributed by atoms with Gasteiger partial charge in [-0.3, -0.25) is 0 Å². The molecule has 2 saturated heterocycles. The first-order valence-electron chi connectivity index (χ1n) is 2.47. The largest absolute Gasteiger partial charge is 0.469 e. The summed E-state index contributed by atoms with van der Waals surface area (Å²) in [4.78, 5) is 24.8. The zero-order valence-electron chi connectivity index (χ0n) is 4.36. The third kappa shape index (κ3) is 0.481. The van der Waals surface area contributed by atoms with E-state index < -0.39 is 12.1 Å². The first-order valence-corrected chi connectivity index (χ1v) is 2.47. The van der Waals surface area contributed by atoms with Gasteiger partial charge in [-0.2, -0.15) is 0 Å². The second-order valence-corrected chi connectivity index (χ2v) is 1.83. The minimum Gasteiger partial charge on any atom is -0.461 e. The summed E-state index contributed by atoms with van der Waals surface area (Å²) in [5.74, 6) is -0.388. The van der Waals surface area contributed by atoms with Gasteiger partial charge in [-0.1, -0.05) is 0 Å². The zero-order chi connectivity index (χ0) is 6.43. The Bertz CT molecular complexity index is 189. The van der Waals surface area contributed by atoms with E-state index in [4.69, 9.17) is 0 Å². The van der Waals surface area contributed by atoms with Crippen molar-refractivity contribution in [3.63, 3.8) is 0 Å². The van der Waals surface area contributed by atoms with Crippen LogP contribution in [0.2, 0.25) is 0 Å². The molecule has 0 unspecified atom stereocenters. The highest BCUT2D eigenvalue weighted by molar-refractivity contribution is 5.88. The van der Waals surface area contributed by atoms with Gasteiger partial charge in [0.05, 0.1) is 0 Å². The Morgan fingerprint density at radius 1 is 1.56 bits per heavy atom. The van der Waals surface area contributed by atoms with Crippen LogP contribution in [0.1, 0.15) is 0 Å². The number of rotatable bonds is 1. The number of hydrogen-bond donors (Lipinski definition) is 0. The Hall–Kier alpha value is -1.26. The van der Waals surface area contributed by atoms with Gasteiger partial charge in [0.2, 0.25) is 6.04 Å². The number of esters is 1. The number of carbonyl (C=O) groups excluding carboxylic acids is 2. The fourth-order valence-electron chi connectivity index (χ4n) is 0.644. The molecule has 0 aromatic heterocycles. The van der Waals surface area contributed by atoms with E-state index in [0.29, 0.717) is 0 Å². The highest BCUT2D eigenvalue weighted by Gasteiger charge is 2.51. The van der Waals surface area contributed by atoms with Crippen molar-refractivity contribution >= 4 is 12.1 Å². The van der Waals surface area contributed by atoms with Gasteiger partial charge in [0.15, 0.2) is 0 Å². The molecule has 0 saturated carbocycles. The monoisotopic (exact) mass is 129 g/mol. The van der Waals surface area contributed by atoms with Crippen LogP contribution in [0.5, 0.6) is 0 Å². The molecule has 2 aliphatic rings. The SMILES string of the molecule is O=C1OC[C@@H]1N1OC1=O. The van der Waals surface area contributed by atoms with Crippen molar-refractivity contribution in [2.45, 2.75) is 6.04 Å². The van der Waals surface area contributed by atoms with Crippen molar-refractivity contribution in [3.05, 3.63) is 0 Å². The predicted octanol–water partition coefficient (Wildman–Crippen LogP) is -0.721. The number of nitrogens with zero attached hydrogens (tertiary/aromatic N) is 1. The second kappa shape index (κ2) is 1.18. The standard InChI is InChI=1S/C4H3NO4/c6-3-2(1-8-3)5-4(7)9-5/h2H,1H2/t2-,5?/m0/s1. The molecule has 0 aromatic rings. The van der Waals surface area contributed by atoms with Gasteiger partial charge >= 0.3 is 12.1 Å². The van der Waals surface area contributed by atoms with Crippen molar-refractivity contribution in [1.82, 2.24) is 5.06 Å². The number of hydroxylamine groups is 2. The van der Waals surface area contributed by atoms with Crippen LogP contribution < -0.4 is 0 Å². The van der Waals surface area contributed by atoms with Crippen LogP contribution in [0.3, 0.4) is 0 Å². The molecule has 48 valence electrons. The fraction of sp³-hybridized carbons (Fsp3) is 0.500. The summed E-state index contributed by atoms with van der Waals surface area (Å²) >= 11 is 0. The van der Waals surface area contributed by atoms with Crippen molar-refractivity contribution in [2.24, 2.45) is 0 Å². The van der Waals surface area contributed by atoms with E-state index in [1.54, 1.807) is 0 Å². The molecule has 1 amide bonds. The average molecular weight is 129 g/mol. The molecule has 1 atom stereocenters. The molecular weight excluding hydrogens is 126 g/mol. The molecule has 0 aliphatic carbocycles. The topological polar surface area (TPSA) is 58.9 Å². The zero-order valence-corrected chi connectivity index (χ0v) is 4.36. The Morgan fingerprint density at radius 3 is 2.33 bits per heavy atom. The lowest BCUT2D eigenvalue weighted by molar-refractivity contribution is -0.171. The highest BCUT2D eigenvalue weighted by atomic mass is 16.9. The maximum atomic E-state index is 10.4. The van der Waals surface area contributed by atoms with Crippen molar-refractivity contribution in [2.75, 3.05) is 6.61 Å². The van der Waals surface area contributed by atoms with Crippen LogP contribution in [0.4, 0.5) is 4.79 Å². The first-order chi connectivity index (χ1) is 4.29. The minimum absolute atomic E-state index is 0.268. The number of cyclic esters (lactones) is 1. The number of carbonyl (C=O) groups is 2. The lowest BCUT2D eigenvalue weighted by atomic mass is 10.2. The van der Waals surface area contributed by atoms with Crippen LogP contribution in [0, 0.1) is 0 Å². The van der Waals surface area contributed by atoms with Gasteiger partial charge in [0, 0.05) is 0 Å². The summed E-state index contributed by atoms with van der Waals surface area (Å²) in [5.41, 5.74) is 0. The normalized spacial score (nSPS) is 30.7. The van der Waals surface area contributed by atoms with E-state index in [1.807, 2.05) is 0 Å². The number of ether oxygens (including phenoxy) is 1. The van der Waals surface area contributed by atoms with E-state index in [-0.39, 0.29) is 12.6 Å². The second-order valence-electron chi connectivity index (χ2n) is 1.83. The van der Waals surface area contributed by atoms with Crippen LogP contribution >= 0.6 is 0 Å². The summed E-state index contributed by atoms with van der Waals surface area (Å²) in [6.07, 6.45) is -0.448. The molecule has 0 bridgehead atoms. The predicted molar refractivity (Wildman–Crippen MR) is 23.1 cm³/mol. The van der Waals surface area contributed by atoms with Gasteiger partial charge in [-0.05, 0) is 0 Å². The number of amides is 1. The summed E-state index contributed by atoms with van der Waals surface area (Å²) in [6, 6.07) is -0.461. The molecule has 0 N–H and O–H groups in total. The molecule has 5 heteroatoms. The highest BCUT2D eigenvalue weighted by Crippen LogP contribution is 2.22. The lowest BCUT2D eigenvalue weighted by Crippen LogP contribution is -2.46. The molecule has 0 radical (unpaired) electrons. The number of hydrogen-bond acceptors (Lipinski definition) is 4. The summed E-state index contributed by atoms with van der Waals surface area (Å²) in [7, 11) is 0. The van der Waals surface area contributed by atoms with Crippen LogP contribution in [-0.2, 0) is 14.4 Å². The summed E-state index contributed by atoms with van der Waals surface area (Å²) in [5, 5.41) is 1.01. The quantitative estimate of drug-likeness (QED) is 0.346. The van der Waals surface area contributed by atoms with Crippen LogP contribution in [0.25, 0.3) is 0 Å². The molecule has 5 nitrogen and oxygen atoms in total. The third-order valence-electron chi connectivity index (χ3n) is 1.26. The molecule has 2 rings (SSSR count). The Balaban J connectivity index is 2.00. The lowest BCUT2D eigenvalue weighted by Gasteiger charge is -2.20. The maximum absolute atomic E-state index is 10.4. The molecule has 2 heterocycles. The Morgan fingerprint density at radius 2 is 2.22 bits per heavy atom. The van der Waals surface area contributed by atoms with E-state index in [2.05, 4.69) is 9.57 Å². The van der Waals surface area contributed by atoms with Gasteiger partial charge in [-0.25, -0.2) is 9.59 Å². The van der Waals surface area contributed by atoms with Gasteiger partial charge in [0.1, 0.15) is 6.61 Å². The van der Waals surface area contributed by atoms with Crippen LogP contribution in [0.15, 0.2) is 0 Å². The van der Waals surface area contributed by atoms with Crippen molar-refractivity contribution in [1.29, 1.82) is 0 Å². The molecule has 0 spiro atoms. The van der Waals surface area contributed by atoms with E-state index >= 15 is 0 Å². The maximum Gasteiger partial charge on any atom is 0.469 e. The first kappa shape index (κ1) is 4.60. The molecule has 0 aromatic carbocycles. The minimum atomic E-state index is -0.461. The van der Waals surface area contributed by atoms with E-state index in [0.717, 1.165) is 5.06 Å². The fourth-order valence-corrected chi connectivity index (χ4v) is 0.644. The van der Waals surface area contributed by atoms with Crippen LogP contribution in [-0.4, -0.2) is 29.8 Å². The Kier molecular flexibility index (Phi) is 0.602. The Labute approximate surface area is 50.1 Å². The van der Waals surface area contributed by atoms with Crippen molar-refractivity contribution in [3.8, 4) is 0 Å². The summed E-state index contributed by atoms with van der Waals surface area (Å²) < 4.78 is 4.38. The van der Waals surface area contributed by atoms with Gasteiger partial charge in [-0.15, -0.1) is 5.06 Å². The van der Waals surface area contributed by atoms with E-state index in [1.165, 1.54) is 0 Å². The molecule has 2 fully saturated rings. The van der Waals surface area contributed by atoms with Gasteiger partial charge in [0.25, 0.3) is 0 Å².